The van der Waals surface area contributed by atoms with Crippen LogP contribution in [0.1, 0.15) is 36.4 Å². The van der Waals surface area contributed by atoms with E-state index in [0.717, 1.165) is 41.7 Å². The van der Waals surface area contributed by atoms with Gasteiger partial charge in [-0.3, -0.25) is 35.4 Å². The van der Waals surface area contributed by atoms with Gasteiger partial charge in [-0.15, -0.1) is 0 Å². The van der Waals surface area contributed by atoms with Crippen molar-refractivity contribution in [2.24, 2.45) is 11.0 Å². The molecule has 186 valence electrons. The standard InChI is InChI=1S/C26H21N5O6/c32-29(33)21-8-4-17(5-9-21)16-19-2-1-3-24-25(19)27-28(20-12-14-23(15-13-20)31(36)37)26(24)18-6-10-22(11-7-18)30(34)35/h4-16,24,26H,1-3H2/b19-16-. The molecule has 0 aromatic heterocycles. The molecule has 0 N–H and O–H groups in total. The third-order valence-electron chi connectivity index (χ3n) is 6.72. The quantitative estimate of drug-likeness (QED) is 0.289. The highest BCUT2D eigenvalue weighted by Gasteiger charge is 2.42. The Bertz CT molecular complexity index is 1430. The summed E-state index contributed by atoms with van der Waals surface area (Å²) >= 11 is 0. The Kier molecular flexibility index (Phi) is 6.18. The number of hydrogen-bond acceptors (Lipinski definition) is 8. The van der Waals surface area contributed by atoms with Gasteiger partial charge in [0.2, 0.25) is 0 Å². The molecule has 1 aliphatic carbocycles. The first-order chi connectivity index (χ1) is 17.8. The summed E-state index contributed by atoms with van der Waals surface area (Å²) in [5.41, 5.74) is 4.22. The average Bonchev–Trinajstić information content (AvgIpc) is 3.30. The highest BCUT2D eigenvalue weighted by molar-refractivity contribution is 6.08. The normalized spacial score (nSPS) is 19.8. The first-order valence-corrected chi connectivity index (χ1v) is 11.6. The van der Waals surface area contributed by atoms with Gasteiger partial charge in [0.15, 0.2) is 0 Å². The molecule has 37 heavy (non-hydrogen) atoms. The van der Waals surface area contributed by atoms with E-state index in [1.54, 1.807) is 36.4 Å². The molecule has 0 saturated heterocycles. The van der Waals surface area contributed by atoms with Crippen molar-refractivity contribution in [2.75, 3.05) is 5.01 Å². The maximum Gasteiger partial charge on any atom is 0.269 e. The Morgan fingerprint density at radius 3 is 1.81 bits per heavy atom. The lowest BCUT2D eigenvalue weighted by Gasteiger charge is -2.30. The van der Waals surface area contributed by atoms with Crippen molar-refractivity contribution >= 4 is 34.5 Å². The number of nitrogens with zero attached hydrogens (tertiary/aromatic N) is 5. The van der Waals surface area contributed by atoms with Crippen LogP contribution in [-0.2, 0) is 0 Å². The Hall–Kier alpha value is -4.93. The molecule has 2 atom stereocenters. The SMILES string of the molecule is O=[N+]([O-])c1ccc(/C=C2/CCCC3C2=NN(c2ccc([N+](=O)[O-])cc2)C3c2ccc([N+](=O)[O-])cc2)cc1. The number of allylic oxidation sites excluding steroid dienone is 1. The van der Waals surface area contributed by atoms with Crippen LogP contribution >= 0.6 is 0 Å². The second kappa shape index (κ2) is 9.61. The highest BCUT2D eigenvalue weighted by Crippen LogP contribution is 2.46. The van der Waals surface area contributed by atoms with Crippen LogP contribution in [0.5, 0.6) is 0 Å². The molecule has 1 fully saturated rings. The number of anilines is 1. The van der Waals surface area contributed by atoms with Crippen LogP contribution in [0.15, 0.2) is 83.5 Å². The molecular formula is C26H21N5O6. The molecule has 0 radical (unpaired) electrons. The number of rotatable bonds is 6. The fourth-order valence-electron chi connectivity index (χ4n) is 4.96. The summed E-state index contributed by atoms with van der Waals surface area (Å²) in [7, 11) is 0. The second-order valence-electron chi connectivity index (χ2n) is 8.91. The van der Waals surface area contributed by atoms with Crippen LogP contribution in [0, 0.1) is 36.3 Å². The minimum Gasteiger partial charge on any atom is -0.258 e. The molecule has 0 amide bonds. The van der Waals surface area contributed by atoms with Crippen LogP contribution in [0.4, 0.5) is 22.7 Å². The summed E-state index contributed by atoms with van der Waals surface area (Å²) < 4.78 is 0. The molecule has 11 nitrogen and oxygen atoms in total. The number of nitro benzene ring substituents is 3. The molecule has 2 aliphatic rings. The Balaban J connectivity index is 1.56. The Labute approximate surface area is 210 Å². The Morgan fingerprint density at radius 1 is 0.757 bits per heavy atom. The molecule has 5 rings (SSSR count). The van der Waals surface area contributed by atoms with Gasteiger partial charge in [0.05, 0.1) is 32.2 Å². The Morgan fingerprint density at radius 2 is 1.27 bits per heavy atom. The van der Waals surface area contributed by atoms with E-state index in [4.69, 9.17) is 5.10 Å². The zero-order chi connectivity index (χ0) is 26.1. The van der Waals surface area contributed by atoms with Crippen molar-refractivity contribution in [2.45, 2.75) is 25.3 Å². The third-order valence-corrected chi connectivity index (χ3v) is 6.72. The molecule has 3 aromatic rings. The van der Waals surface area contributed by atoms with Gasteiger partial charge in [-0.2, -0.15) is 5.10 Å². The lowest BCUT2D eigenvalue weighted by Crippen LogP contribution is -2.28. The summed E-state index contributed by atoms with van der Waals surface area (Å²) in [5.74, 6) is -0.00491. The van der Waals surface area contributed by atoms with E-state index >= 15 is 0 Å². The molecule has 2 unspecified atom stereocenters. The van der Waals surface area contributed by atoms with Gasteiger partial charge in [0.25, 0.3) is 17.1 Å². The molecule has 1 aliphatic heterocycles. The lowest BCUT2D eigenvalue weighted by molar-refractivity contribution is -0.385. The van der Waals surface area contributed by atoms with Gasteiger partial charge in [-0.05, 0) is 66.3 Å². The summed E-state index contributed by atoms with van der Waals surface area (Å²) in [6.07, 6.45) is 4.52. The fraction of sp³-hybridized carbons (Fsp3) is 0.192. The predicted molar refractivity (Wildman–Crippen MR) is 137 cm³/mol. The maximum atomic E-state index is 11.2. The van der Waals surface area contributed by atoms with Crippen LogP contribution < -0.4 is 5.01 Å². The van der Waals surface area contributed by atoms with Crippen molar-refractivity contribution < 1.29 is 14.8 Å². The largest absolute Gasteiger partial charge is 0.269 e. The van der Waals surface area contributed by atoms with E-state index in [9.17, 15) is 30.3 Å². The van der Waals surface area contributed by atoms with E-state index in [0.29, 0.717) is 5.69 Å². The second-order valence-corrected chi connectivity index (χ2v) is 8.91. The topological polar surface area (TPSA) is 145 Å². The highest BCUT2D eigenvalue weighted by atomic mass is 16.6. The predicted octanol–water partition coefficient (Wildman–Crippen LogP) is 6.21. The summed E-state index contributed by atoms with van der Waals surface area (Å²) in [4.78, 5) is 32.0. The van der Waals surface area contributed by atoms with E-state index in [2.05, 4.69) is 0 Å². The number of hydrazone groups is 1. The molecular weight excluding hydrogens is 478 g/mol. The minimum absolute atomic E-state index is 0.00491. The molecule has 0 spiro atoms. The van der Waals surface area contributed by atoms with E-state index in [1.165, 1.54) is 36.4 Å². The van der Waals surface area contributed by atoms with Crippen LogP contribution in [0.25, 0.3) is 6.08 Å². The number of fused-ring (bicyclic) bond motifs is 1. The van der Waals surface area contributed by atoms with Gasteiger partial charge in [0, 0.05) is 42.3 Å². The smallest absolute Gasteiger partial charge is 0.258 e. The van der Waals surface area contributed by atoms with Crippen LogP contribution in [0.2, 0.25) is 0 Å². The molecule has 3 aromatic carbocycles. The van der Waals surface area contributed by atoms with Crippen LogP contribution in [0.3, 0.4) is 0 Å². The average molecular weight is 499 g/mol. The number of non-ortho nitro benzene ring substituents is 3. The van der Waals surface area contributed by atoms with E-state index in [-0.39, 0.29) is 29.0 Å². The minimum atomic E-state index is -0.460. The zero-order valence-corrected chi connectivity index (χ0v) is 19.5. The van der Waals surface area contributed by atoms with Gasteiger partial charge in [-0.25, -0.2) is 0 Å². The summed E-state index contributed by atoms with van der Waals surface area (Å²) in [6, 6.07) is 18.6. The number of benzene rings is 3. The lowest BCUT2D eigenvalue weighted by atomic mass is 9.77. The van der Waals surface area contributed by atoms with Gasteiger partial charge >= 0.3 is 0 Å². The third kappa shape index (κ3) is 4.66. The maximum absolute atomic E-state index is 11.2. The first kappa shape index (κ1) is 23.8. The van der Waals surface area contributed by atoms with Crippen molar-refractivity contribution in [3.8, 4) is 0 Å². The van der Waals surface area contributed by atoms with E-state index < -0.39 is 14.8 Å². The van der Waals surface area contributed by atoms with Crippen LogP contribution in [-0.4, -0.2) is 20.5 Å². The van der Waals surface area contributed by atoms with E-state index in [1.807, 2.05) is 11.1 Å². The van der Waals surface area contributed by atoms with Crippen molar-refractivity contribution in [1.82, 2.24) is 0 Å². The van der Waals surface area contributed by atoms with Crippen molar-refractivity contribution in [3.63, 3.8) is 0 Å². The summed E-state index contributed by atoms with van der Waals surface area (Å²) in [5, 5.41) is 40.1. The molecule has 1 heterocycles. The summed E-state index contributed by atoms with van der Waals surface area (Å²) in [6.45, 7) is 0. The molecule has 11 heteroatoms. The number of hydrogen-bond donors (Lipinski definition) is 0. The monoisotopic (exact) mass is 499 g/mol. The fourth-order valence-corrected chi connectivity index (χ4v) is 4.96. The molecule has 1 saturated carbocycles. The van der Waals surface area contributed by atoms with Gasteiger partial charge in [-0.1, -0.05) is 12.1 Å². The number of nitro groups is 3. The van der Waals surface area contributed by atoms with Gasteiger partial charge in [0.1, 0.15) is 0 Å². The van der Waals surface area contributed by atoms with Crippen molar-refractivity contribution in [3.05, 3.63) is 120 Å². The first-order valence-electron chi connectivity index (χ1n) is 11.6. The van der Waals surface area contributed by atoms with Gasteiger partial charge < -0.3 is 0 Å². The zero-order valence-electron chi connectivity index (χ0n) is 19.5. The van der Waals surface area contributed by atoms with Crippen molar-refractivity contribution in [1.29, 1.82) is 0 Å². The molecule has 0 bridgehead atoms.